The number of rotatable bonds is 6. The maximum absolute atomic E-state index is 13.0. The fourth-order valence-corrected chi connectivity index (χ4v) is 2.14. The topological polar surface area (TPSA) is 32.3 Å². The third kappa shape index (κ3) is 4.51. The molecule has 1 aromatic carbocycles. The monoisotopic (exact) mass is 280 g/mol. The van der Waals surface area contributed by atoms with Gasteiger partial charge >= 0.3 is 6.03 Å². The lowest BCUT2D eigenvalue weighted by molar-refractivity contribution is 0.186. The fourth-order valence-electron chi connectivity index (χ4n) is 2.14. The van der Waals surface area contributed by atoms with Crippen molar-refractivity contribution in [2.75, 3.05) is 13.1 Å². The molecule has 0 heterocycles. The van der Waals surface area contributed by atoms with Gasteiger partial charge in [-0.05, 0) is 44.4 Å². The summed E-state index contributed by atoms with van der Waals surface area (Å²) in [5, 5.41) is 3.03. The Kier molecular flexibility index (Phi) is 5.99. The summed E-state index contributed by atoms with van der Waals surface area (Å²) in [4.78, 5) is 14.1. The van der Waals surface area contributed by atoms with Gasteiger partial charge in [0, 0.05) is 13.1 Å². The maximum Gasteiger partial charge on any atom is 0.318 e. The summed E-state index contributed by atoms with van der Waals surface area (Å²) in [7, 11) is 0. The van der Waals surface area contributed by atoms with Gasteiger partial charge in [0.1, 0.15) is 5.82 Å². The van der Waals surface area contributed by atoms with Crippen LogP contribution in [0.2, 0.25) is 0 Å². The van der Waals surface area contributed by atoms with Gasteiger partial charge in [-0.3, -0.25) is 0 Å². The van der Waals surface area contributed by atoms with Gasteiger partial charge in [0.25, 0.3) is 0 Å². The summed E-state index contributed by atoms with van der Waals surface area (Å²) < 4.78 is 13.0. The first kappa shape index (κ1) is 16.5. The van der Waals surface area contributed by atoms with Crippen LogP contribution in [0.3, 0.4) is 0 Å². The highest BCUT2D eigenvalue weighted by atomic mass is 19.1. The van der Waals surface area contributed by atoms with Crippen molar-refractivity contribution < 1.29 is 9.18 Å². The van der Waals surface area contributed by atoms with Gasteiger partial charge in [0.05, 0.1) is 5.54 Å². The largest absolute Gasteiger partial charge is 0.329 e. The van der Waals surface area contributed by atoms with Gasteiger partial charge in [-0.2, -0.15) is 0 Å². The van der Waals surface area contributed by atoms with Crippen LogP contribution >= 0.6 is 0 Å². The third-order valence-electron chi connectivity index (χ3n) is 3.26. The molecule has 3 nitrogen and oxygen atoms in total. The minimum Gasteiger partial charge on any atom is -0.329 e. The number of benzene rings is 1. The number of nitrogens with zero attached hydrogens (tertiary/aromatic N) is 1. The first-order chi connectivity index (χ1) is 9.40. The Morgan fingerprint density at radius 2 is 1.65 bits per heavy atom. The van der Waals surface area contributed by atoms with E-state index in [1.165, 1.54) is 12.1 Å². The zero-order valence-electron chi connectivity index (χ0n) is 12.9. The predicted molar refractivity (Wildman–Crippen MR) is 80.1 cm³/mol. The number of halogens is 1. The molecule has 0 fully saturated rings. The molecule has 1 N–H and O–H groups in total. The molecule has 0 unspecified atom stereocenters. The molecule has 4 heteroatoms. The van der Waals surface area contributed by atoms with Crippen LogP contribution in [-0.2, 0) is 5.54 Å². The second-order valence-corrected chi connectivity index (χ2v) is 5.55. The van der Waals surface area contributed by atoms with E-state index in [-0.39, 0.29) is 11.8 Å². The Morgan fingerprint density at radius 3 is 2.10 bits per heavy atom. The molecule has 0 bridgehead atoms. The summed E-state index contributed by atoms with van der Waals surface area (Å²) in [6, 6.07) is 6.18. The van der Waals surface area contributed by atoms with Crippen LogP contribution < -0.4 is 5.32 Å². The summed E-state index contributed by atoms with van der Waals surface area (Å²) in [6.07, 6.45) is 1.87. The Morgan fingerprint density at radius 1 is 1.15 bits per heavy atom. The highest BCUT2D eigenvalue weighted by molar-refractivity contribution is 5.75. The number of carbonyl (C=O) groups is 1. The van der Waals surface area contributed by atoms with E-state index in [1.54, 1.807) is 12.1 Å². The molecule has 0 aromatic heterocycles. The molecular weight excluding hydrogens is 255 g/mol. The zero-order valence-corrected chi connectivity index (χ0v) is 12.9. The number of urea groups is 1. The quantitative estimate of drug-likeness (QED) is 0.842. The second-order valence-electron chi connectivity index (χ2n) is 5.55. The first-order valence-corrected chi connectivity index (χ1v) is 7.23. The Bertz CT molecular complexity index is 423. The average Bonchev–Trinajstić information content (AvgIpc) is 2.38. The van der Waals surface area contributed by atoms with Crippen LogP contribution in [0.25, 0.3) is 0 Å². The molecular formula is C16H25FN2O. The van der Waals surface area contributed by atoms with Crippen LogP contribution in [-0.4, -0.2) is 24.0 Å². The molecule has 0 aliphatic rings. The van der Waals surface area contributed by atoms with E-state index in [1.807, 2.05) is 18.7 Å². The van der Waals surface area contributed by atoms with Gasteiger partial charge in [-0.15, -0.1) is 0 Å². The van der Waals surface area contributed by atoms with Crippen LogP contribution in [0, 0.1) is 5.82 Å². The van der Waals surface area contributed by atoms with Crippen molar-refractivity contribution in [1.29, 1.82) is 0 Å². The van der Waals surface area contributed by atoms with Gasteiger partial charge in [0.2, 0.25) is 0 Å². The van der Waals surface area contributed by atoms with E-state index in [4.69, 9.17) is 0 Å². The van der Waals surface area contributed by atoms with Gasteiger partial charge in [-0.1, -0.05) is 26.0 Å². The molecule has 0 spiro atoms. The SMILES string of the molecule is CCCN(CCC)C(=O)NC(C)(C)c1ccc(F)cc1. The van der Waals surface area contributed by atoms with Crippen molar-refractivity contribution in [3.63, 3.8) is 0 Å². The summed E-state index contributed by atoms with van der Waals surface area (Å²) >= 11 is 0. The molecule has 0 aliphatic carbocycles. The predicted octanol–water partition coefficient (Wildman–Crippen LogP) is 3.89. The molecule has 0 radical (unpaired) electrons. The number of hydrogen-bond acceptors (Lipinski definition) is 1. The van der Waals surface area contributed by atoms with Crippen molar-refractivity contribution >= 4 is 6.03 Å². The van der Waals surface area contributed by atoms with Gasteiger partial charge < -0.3 is 10.2 Å². The van der Waals surface area contributed by atoms with E-state index < -0.39 is 5.54 Å². The van der Waals surface area contributed by atoms with Crippen molar-refractivity contribution in [3.8, 4) is 0 Å². The first-order valence-electron chi connectivity index (χ1n) is 7.23. The van der Waals surface area contributed by atoms with Crippen LogP contribution in [0.4, 0.5) is 9.18 Å². The van der Waals surface area contributed by atoms with Crippen molar-refractivity contribution in [2.45, 2.75) is 46.1 Å². The standard InChI is InChI=1S/C16H25FN2O/c1-5-11-19(12-6-2)15(20)18-16(3,4)13-7-9-14(17)10-8-13/h7-10H,5-6,11-12H2,1-4H3,(H,18,20). The molecule has 2 amide bonds. The lowest BCUT2D eigenvalue weighted by Gasteiger charge is -2.31. The van der Waals surface area contributed by atoms with E-state index in [0.29, 0.717) is 0 Å². The Balaban J connectivity index is 2.77. The number of hydrogen-bond donors (Lipinski definition) is 1. The van der Waals surface area contributed by atoms with E-state index in [0.717, 1.165) is 31.5 Å². The zero-order chi connectivity index (χ0) is 15.2. The third-order valence-corrected chi connectivity index (χ3v) is 3.26. The van der Waals surface area contributed by atoms with E-state index >= 15 is 0 Å². The molecule has 0 aliphatic heterocycles. The van der Waals surface area contributed by atoms with Crippen molar-refractivity contribution in [2.24, 2.45) is 0 Å². The number of nitrogens with one attached hydrogen (secondary N) is 1. The van der Waals surface area contributed by atoms with Crippen LogP contribution in [0.15, 0.2) is 24.3 Å². The Hall–Kier alpha value is -1.58. The smallest absolute Gasteiger partial charge is 0.318 e. The van der Waals surface area contributed by atoms with Gasteiger partial charge in [0.15, 0.2) is 0 Å². The summed E-state index contributed by atoms with van der Waals surface area (Å²) in [5.41, 5.74) is 0.366. The van der Waals surface area contributed by atoms with E-state index in [9.17, 15) is 9.18 Å². The van der Waals surface area contributed by atoms with Crippen molar-refractivity contribution in [3.05, 3.63) is 35.6 Å². The second kappa shape index (κ2) is 7.27. The lowest BCUT2D eigenvalue weighted by atomic mass is 9.94. The normalized spacial score (nSPS) is 11.2. The van der Waals surface area contributed by atoms with Gasteiger partial charge in [-0.25, -0.2) is 9.18 Å². The summed E-state index contributed by atoms with van der Waals surface area (Å²) in [6.45, 7) is 9.46. The number of amides is 2. The van der Waals surface area contributed by atoms with Crippen LogP contribution in [0.1, 0.15) is 46.1 Å². The molecule has 0 saturated carbocycles. The molecule has 20 heavy (non-hydrogen) atoms. The number of carbonyl (C=O) groups excluding carboxylic acids is 1. The highest BCUT2D eigenvalue weighted by Crippen LogP contribution is 2.20. The minimum absolute atomic E-state index is 0.0666. The molecule has 112 valence electrons. The average molecular weight is 280 g/mol. The van der Waals surface area contributed by atoms with Crippen molar-refractivity contribution in [1.82, 2.24) is 10.2 Å². The highest BCUT2D eigenvalue weighted by Gasteiger charge is 2.25. The Labute approximate surface area is 121 Å². The maximum atomic E-state index is 13.0. The lowest BCUT2D eigenvalue weighted by Crippen LogP contribution is -2.48. The summed E-state index contributed by atoms with van der Waals surface area (Å²) in [5.74, 6) is -0.269. The fraction of sp³-hybridized carbons (Fsp3) is 0.562. The minimum atomic E-state index is -0.523. The molecule has 0 atom stereocenters. The van der Waals surface area contributed by atoms with Crippen LogP contribution in [0.5, 0.6) is 0 Å². The van der Waals surface area contributed by atoms with E-state index in [2.05, 4.69) is 19.2 Å². The molecule has 1 aromatic rings. The molecule has 1 rings (SSSR count). The molecule has 0 saturated heterocycles.